The standard InChI is InChI=1S/C12H19N5O/c1-7-6-10(17-12(13-3)14-7)15-8(2)11(18)16-9-4-5-9/h6,8-9H,4-5H2,1-3H3,(H,16,18)(H2,13,14,15,17). The van der Waals surface area contributed by atoms with Gasteiger partial charge in [-0.25, -0.2) is 4.98 Å². The van der Waals surface area contributed by atoms with Gasteiger partial charge in [0.15, 0.2) is 0 Å². The molecule has 0 saturated heterocycles. The van der Waals surface area contributed by atoms with Gasteiger partial charge >= 0.3 is 0 Å². The van der Waals surface area contributed by atoms with Gasteiger partial charge in [0.1, 0.15) is 11.9 Å². The number of amides is 1. The van der Waals surface area contributed by atoms with Crippen molar-refractivity contribution in [2.45, 2.75) is 38.8 Å². The zero-order valence-corrected chi connectivity index (χ0v) is 10.9. The molecule has 1 amide bonds. The summed E-state index contributed by atoms with van der Waals surface area (Å²) in [5.74, 6) is 1.22. The third-order valence-electron chi connectivity index (χ3n) is 2.76. The number of carbonyl (C=O) groups is 1. The summed E-state index contributed by atoms with van der Waals surface area (Å²) < 4.78 is 0. The van der Waals surface area contributed by atoms with Crippen LogP contribution in [0, 0.1) is 6.92 Å². The molecule has 1 fully saturated rings. The molecular formula is C12H19N5O. The van der Waals surface area contributed by atoms with E-state index in [9.17, 15) is 4.79 Å². The summed E-state index contributed by atoms with van der Waals surface area (Å²) in [5, 5.41) is 8.93. The van der Waals surface area contributed by atoms with Gasteiger partial charge in [-0.05, 0) is 26.7 Å². The van der Waals surface area contributed by atoms with Crippen LogP contribution in [0.4, 0.5) is 11.8 Å². The Morgan fingerprint density at radius 3 is 2.78 bits per heavy atom. The molecule has 1 aromatic heterocycles. The molecule has 3 N–H and O–H groups in total. The first kappa shape index (κ1) is 12.6. The molecule has 0 aromatic carbocycles. The molecule has 1 saturated carbocycles. The van der Waals surface area contributed by atoms with Crippen molar-refractivity contribution in [3.8, 4) is 0 Å². The molecule has 18 heavy (non-hydrogen) atoms. The Hall–Kier alpha value is -1.85. The lowest BCUT2D eigenvalue weighted by atomic mass is 10.3. The van der Waals surface area contributed by atoms with E-state index >= 15 is 0 Å². The first-order chi connectivity index (χ1) is 8.58. The smallest absolute Gasteiger partial charge is 0.242 e. The minimum absolute atomic E-state index is 0.0137. The van der Waals surface area contributed by atoms with E-state index in [0.717, 1.165) is 18.5 Å². The van der Waals surface area contributed by atoms with E-state index in [2.05, 4.69) is 25.9 Å². The molecule has 6 heteroatoms. The van der Waals surface area contributed by atoms with Crippen LogP contribution in [0.2, 0.25) is 0 Å². The van der Waals surface area contributed by atoms with Gasteiger partial charge in [-0.3, -0.25) is 4.79 Å². The van der Waals surface area contributed by atoms with Crippen LogP contribution >= 0.6 is 0 Å². The van der Waals surface area contributed by atoms with Gasteiger partial charge in [-0.1, -0.05) is 0 Å². The van der Waals surface area contributed by atoms with Crippen molar-refractivity contribution in [2.24, 2.45) is 0 Å². The second-order valence-corrected chi connectivity index (χ2v) is 4.62. The van der Waals surface area contributed by atoms with Crippen LogP contribution < -0.4 is 16.0 Å². The van der Waals surface area contributed by atoms with E-state index in [1.807, 2.05) is 19.9 Å². The predicted molar refractivity (Wildman–Crippen MR) is 70.6 cm³/mol. The average Bonchev–Trinajstić information content (AvgIpc) is 3.11. The summed E-state index contributed by atoms with van der Waals surface area (Å²) in [6, 6.07) is 1.90. The van der Waals surface area contributed by atoms with Crippen molar-refractivity contribution in [2.75, 3.05) is 17.7 Å². The molecule has 0 bridgehead atoms. The number of anilines is 2. The summed E-state index contributed by atoms with van der Waals surface area (Å²) in [6.45, 7) is 3.72. The molecular weight excluding hydrogens is 230 g/mol. The minimum atomic E-state index is -0.301. The van der Waals surface area contributed by atoms with Crippen molar-refractivity contribution in [3.05, 3.63) is 11.8 Å². The van der Waals surface area contributed by atoms with Crippen LogP contribution in [0.1, 0.15) is 25.5 Å². The summed E-state index contributed by atoms with van der Waals surface area (Å²) >= 11 is 0. The van der Waals surface area contributed by atoms with Gasteiger partial charge < -0.3 is 16.0 Å². The van der Waals surface area contributed by atoms with Crippen molar-refractivity contribution in [1.82, 2.24) is 15.3 Å². The highest BCUT2D eigenvalue weighted by atomic mass is 16.2. The molecule has 0 spiro atoms. The number of hydrogen-bond acceptors (Lipinski definition) is 5. The maximum absolute atomic E-state index is 11.8. The SMILES string of the molecule is CNc1nc(C)cc(NC(C)C(=O)NC2CC2)n1. The van der Waals surface area contributed by atoms with Gasteiger partial charge in [0.25, 0.3) is 0 Å². The van der Waals surface area contributed by atoms with Crippen molar-refractivity contribution < 1.29 is 4.79 Å². The fraction of sp³-hybridized carbons (Fsp3) is 0.583. The quantitative estimate of drug-likeness (QED) is 0.722. The third kappa shape index (κ3) is 3.32. The fourth-order valence-electron chi connectivity index (χ4n) is 1.60. The van der Waals surface area contributed by atoms with Crippen molar-refractivity contribution in [1.29, 1.82) is 0 Å². The lowest BCUT2D eigenvalue weighted by molar-refractivity contribution is -0.121. The van der Waals surface area contributed by atoms with Crippen LogP contribution in [0.5, 0.6) is 0 Å². The number of rotatable bonds is 5. The highest BCUT2D eigenvalue weighted by Gasteiger charge is 2.25. The van der Waals surface area contributed by atoms with Crippen molar-refractivity contribution in [3.63, 3.8) is 0 Å². The van der Waals surface area contributed by atoms with E-state index in [0.29, 0.717) is 17.8 Å². The second kappa shape index (κ2) is 5.20. The number of nitrogens with zero attached hydrogens (tertiary/aromatic N) is 2. The summed E-state index contributed by atoms with van der Waals surface area (Å²) in [4.78, 5) is 20.3. The van der Waals surface area contributed by atoms with E-state index in [1.54, 1.807) is 7.05 Å². The first-order valence-electron chi connectivity index (χ1n) is 6.19. The van der Waals surface area contributed by atoms with Gasteiger partial charge in [-0.2, -0.15) is 4.98 Å². The van der Waals surface area contributed by atoms with Crippen LogP contribution in [0.15, 0.2) is 6.07 Å². The Labute approximate surface area is 107 Å². The van der Waals surface area contributed by atoms with Crippen LogP contribution in [-0.4, -0.2) is 35.0 Å². The maximum atomic E-state index is 11.8. The van der Waals surface area contributed by atoms with Crippen LogP contribution in [0.25, 0.3) is 0 Å². The highest BCUT2D eigenvalue weighted by Crippen LogP contribution is 2.19. The van der Waals surface area contributed by atoms with E-state index < -0.39 is 0 Å². The Morgan fingerprint density at radius 1 is 1.44 bits per heavy atom. The first-order valence-corrected chi connectivity index (χ1v) is 6.19. The summed E-state index contributed by atoms with van der Waals surface area (Å²) in [5.41, 5.74) is 0.853. The largest absolute Gasteiger partial charge is 0.358 e. The molecule has 6 nitrogen and oxygen atoms in total. The number of aromatic nitrogens is 2. The normalized spacial score (nSPS) is 15.9. The number of nitrogens with one attached hydrogen (secondary N) is 3. The monoisotopic (exact) mass is 249 g/mol. The second-order valence-electron chi connectivity index (χ2n) is 4.62. The Bertz CT molecular complexity index is 444. The van der Waals surface area contributed by atoms with E-state index in [4.69, 9.17) is 0 Å². The molecule has 1 heterocycles. The number of carbonyl (C=O) groups excluding carboxylic acids is 1. The molecule has 1 aliphatic carbocycles. The van der Waals surface area contributed by atoms with Gasteiger partial charge in [0.2, 0.25) is 11.9 Å². The number of hydrogen-bond donors (Lipinski definition) is 3. The number of aryl methyl sites for hydroxylation is 1. The van der Waals surface area contributed by atoms with Crippen molar-refractivity contribution >= 4 is 17.7 Å². The Balaban J connectivity index is 1.98. The highest BCUT2D eigenvalue weighted by molar-refractivity contribution is 5.84. The molecule has 1 atom stereocenters. The van der Waals surface area contributed by atoms with Crippen LogP contribution in [-0.2, 0) is 4.79 Å². The molecule has 1 unspecified atom stereocenters. The van der Waals surface area contributed by atoms with Crippen LogP contribution in [0.3, 0.4) is 0 Å². The molecule has 0 aliphatic heterocycles. The van der Waals surface area contributed by atoms with Gasteiger partial charge in [0.05, 0.1) is 0 Å². The maximum Gasteiger partial charge on any atom is 0.242 e. The molecule has 1 aliphatic rings. The minimum Gasteiger partial charge on any atom is -0.358 e. The topological polar surface area (TPSA) is 78.9 Å². The molecule has 2 rings (SSSR count). The molecule has 1 aromatic rings. The van der Waals surface area contributed by atoms with E-state index in [-0.39, 0.29) is 11.9 Å². The van der Waals surface area contributed by atoms with E-state index in [1.165, 1.54) is 0 Å². The third-order valence-corrected chi connectivity index (χ3v) is 2.76. The lowest BCUT2D eigenvalue weighted by Crippen LogP contribution is -2.38. The lowest BCUT2D eigenvalue weighted by Gasteiger charge is -2.15. The predicted octanol–water partition coefficient (Wildman–Crippen LogP) is 0.906. The van der Waals surface area contributed by atoms with Gasteiger partial charge in [0, 0.05) is 24.8 Å². The average molecular weight is 249 g/mol. The molecule has 98 valence electrons. The zero-order valence-electron chi connectivity index (χ0n) is 10.9. The van der Waals surface area contributed by atoms with Gasteiger partial charge in [-0.15, -0.1) is 0 Å². The Morgan fingerprint density at radius 2 is 2.17 bits per heavy atom. The summed E-state index contributed by atoms with van der Waals surface area (Å²) in [7, 11) is 1.77. The fourth-order valence-corrected chi connectivity index (χ4v) is 1.60. The molecule has 0 radical (unpaired) electrons. The Kier molecular flexibility index (Phi) is 3.64. The summed E-state index contributed by atoms with van der Waals surface area (Å²) in [6.07, 6.45) is 2.18. The zero-order chi connectivity index (χ0) is 13.1.